The standard InChI is InChI=1S/C29H28ClN3O6S2/c1-2-39-20-14-16(6-11-19(20)34)22-23-24(27(37)33(26(23)36)18-9-7-17(30)8-10-18)40-28-25(22)41-29(38)32(28)15-21(35)31-12-4-3-5-13-31/h6-11,14,22-24,34H,2-5,12-13,15H2,1H3/t22-,23+,24-/m0/s1. The van der Waals surface area contributed by atoms with Gasteiger partial charge in [-0.15, -0.1) is 0 Å². The Bertz CT molecular complexity index is 1580. The van der Waals surface area contributed by atoms with Crippen molar-refractivity contribution < 1.29 is 24.2 Å². The maximum absolute atomic E-state index is 14.0. The van der Waals surface area contributed by atoms with Gasteiger partial charge < -0.3 is 14.7 Å². The number of piperidine rings is 1. The minimum Gasteiger partial charge on any atom is -0.504 e. The van der Waals surface area contributed by atoms with Crippen molar-refractivity contribution in [3.63, 3.8) is 0 Å². The normalized spacial score (nSPS) is 22.0. The number of hydrogen-bond donors (Lipinski definition) is 1. The van der Waals surface area contributed by atoms with Gasteiger partial charge in [0.2, 0.25) is 17.7 Å². The number of fused-ring (bicyclic) bond motifs is 2. The highest BCUT2D eigenvalue weighted by atomic mass is 35.5. The van der Waals surface area contributed by atoms with Crippen LogP contribution in [0, 0.1) is 5.92 Å². The summed E-state index contributed by atoms with van der Waals surface area (Å²) in [6.45, 7) is 3.32. The maximum atomic E-state index is 14.0. The van der Waals surface area contributed by atoms with Crippen LogP contribution in [0.3, 0.4) is 0 Å². The third-order valence-electron chi connectivity index (χ3n) is 7.78. The fourth-order valence-electron chi connectivity index (χ4n) is 5.83. The number of rotatable bonds is 6. The zero-order valence-electron chi connectivity index (χ0n) is 22.2. The summed E-state index contributed by atoms with van der Waals surface area (Å²) in [5, 5.41) is 10.6. The van der Waals surface area contributed by atoms with Crippen LogP contribution >= 0.6 is 34.7 Å². The lowest BCUT2D eigenvalue weighted by Crippen LogP contribution is -2.39. The van der Waals surface area contributed by atoms with Gasteiger partial charge in [0.1, 0.15) is 11.8 Å². The first kappa shape index (κ1) is 27.9. The molecular weight excluding hydrogens is 586 g/mol. The molecule has 41 heavy (non-hydrogen) atoms. The maximum Gasteiger partial charge on any atom is 0.308 e. The van der Waals surface area contributed by atoms with E-state index in [-0.39, 0.29) is 40.6 Å². The Kier molecular flexibility index (Phi) is 7.60. The molecule has 3 amide bonds. The number of anilines is 1. The molecule has 2 fully saturated rings. The fourth-order valence-corrected chi connectivity index (χ4v) is 8.73. The minimum absolute atomic E-state index is 0.0490. The summed E-state index contributed by atoms with van der Waals surface area (Å²) in [7, 11) is 0. The average molecular weight is 614 g/mol. The summed E-state index contributed by atoms with van der Waals surface area (Å²) < 4.78 is 7.08. The number of phenolic OH excluding ortho intramolecular Hbond substituents is 1. The molecule has 6 rings (SSSR count). The molecule has 0 saturated carbocycles. The predicted octanol–water partition coefficient (Wildman–Crippen LogP) is 4.48. The number of ether oxygens (including phenoxy) is 1. The molecule has 3 aliphatic rings. The Morgan fingerprint density at radius 2 is 1.78 bits per heavy atom. The Balaban J connectivity index is 1.45. The first-order valence-corrected chi connectivity index (χ1v) is 15.6. The molecule has 3 atom stereocenters. The third kappa shape index (κ3) is 4.93. The van der Waals surface area contributed by atoms with Crippen LogP contribution in [-0.4, -0.2) is 57.2 Å². The van der Waals surface area contributed by atoms with Crippen molar-refractivity contribution in [3.8, 4) is 11.5 Å². The Morgan fingerprint density at radius 3 is 2.49 bits per heavy atom. The van der Waals surface area contributed by atoms with E-state index in [0.717, 1.165) is 30.6 Å². The molecule has 12 heteroatoms. The van der Waals surface area contributed by atoms with Crippen molar-refractivity contribution in [2.24, 2.45) is 5.92 Å². The van der Waals surface area contributed by atoms with Crippen molar-refractivity contribution in [3.05, 3.63) is 67.6 Å². The van der Waals surface area contributed by atoms with Gasteiger partial charge >= 0.3 is 4.87 Å². The monoisotopic (exact) mass is 613 g/mol. The second-order valence-corrected chi connectivity index (χ2v) is 12.8. The van der Waals surface area contributed by atoms with Gasteiger partial charge in [0.15, 0.2) is 11.5 Å². The molecule has 3 aliphatic heterocycles. The molecule has 0 bridgehead atoms. The number of carbonyl (C=O) groups excluding carboxylic acids is 3. The molecule has 1 N–H and O–H groups in total. The number of thioether (sulfide) groups is 1. The molecule has 0 unspecified atom stereocenters. The highest BCUT2D eigenvalue weighted by Gasteiger charge is 2.57. The van der Waals surface area contributed by atoms with Crippen LogP contribution < -0.4 is 14.5 Å². The highest BCUT2D eigenvalue weighted by Crippen LogP contribution is 2.54. The van der Waals surface area contributed by atoms with Crippen LogP contribution in [0.15, 0.2) is 52.3 Å². The summed E-state index contributed by atoms with van der Waals surface area (Å²) in [6.07, 6.45) is 2.95. The molecule has 0 radical (unpaired) electrons. The van der Waals surface area contributed by atoms with E-state index in [4.69, 9.17) is 16.3 Å². The van der Waals surface area contributed by atoms with Crippen molar-refractivity contribution >= 4 is 58.1 Å². The van der Waals surface area contributed by atoms with Crippen LogP contribution in [0.25, 0.3) is 0 Å². The first-order chi connectivity index (χ1) is 19.8. The van der Waals surface area contributed by atoms with E-state index in [1.165, 1.54) is 27.3 Å². The number of aromatic hydroxyl groups is 1. The minimum atomic E-state index is -0.814. The topological polar surface area (TPSA) is 109 Å². The van der Waals surface area contributed by atoms with Crippen molar-refractivity contribution in [1.82, 2.24) is 9.47 Å². The number of aromatic nitrogens is 1. The number of benzene rings is 2. The molecule has 0 aliphatic carbocycles. The van der Waals surface area contributed by atoms with Gasteiger partial charge in [-0.1, -0.05) is 40.8 Å². The van der Waals surface area contributed by atoms with Gasteiger partial charge in [-0.25, -0.2) is 4.90 Å². The van der Waals surface area contributed by atoms with E-state index >= 15 is 0 Å². The quantitative estimate of drug-likeness (QED) is 0.409. The first-order valence-electron chi connectivity index (χ1n) is 13.6. The van der Waals surface area contributed by atoms with Gasteiger partial charge in [0, 0.05) is 28.9 Å². The number of phenols is 1. The second kappa shape index (κ2) is 11.2. The van der Waals surface area contributed by atoms with Gasteiger partial charge in [0.25, 0.3) is 0 Å². The van der Waals surface area contributed by atoms with Crippen molar-refractivity contribution in [2.45, 2.75) is 48.9 Å². The molecule has 4 heterocycles. The number of nitrogens with zero attached hydrogens (tertiary/aromatic N) is 3. The van der Waals surface area contributed by atoms with Crippen molar-refractivity contribution in [1.29, 1.82) is 0 Å². The summed E-state index contributed by atoms with van der Waals surface area (Å²) in [4.78, 5) is 57.7. The van der Waals surface area contributed by atoms with E-state index in [1.54, 1.807) is 48.2 Å². The Labute approximate surface area is 249 Å². The lowest BCUT2D eigenvalue weighted by Gasteiger charge is -2.31. The third-order valence-corrected chi connectivity index (χ3v) is 10.6. The second-order valence-electron chi connectivity index (χ2n) is 10.3. The number of halogens is 1. The van der Waals surface area contributed by atoms with Crippen LogP contribution in [0.2, 0.25) is 5.02 Å². The van der Waals surface area contributed by atoms with Gasteiger partial charge in [-0.3, -0.25) is 23.7 Å². The molecule has 3 aromatic rings. The summed E-state index contributed by atoms with van der Waals surface area (Å²) >= 11 is 8.23. The number of amides is 3. The number of carbonyl (C=O) groups is 3. The van der Waals surface area contributed by atoms with E-state index in [2.05, 4.69) is 0 Å². The van der Waals surface area contributed by atoms with E-state index < -0.39 is 17.1 Å². The Hall–Kier alpha value is -3.28. The summed E-state index contributed by atoms with van der Waals surface area (Å²) in [5.74, 6) is -2.17. The van der Waals surface area contributed by atoms with Crippen LogP contribution in [0.5, 0.6) is 11.5 Å². The summed E-state index contributed by atoms with van der Waals surface area (Å²) in [5.41, 5.74) is 1.05. The van der Waals surface area contributed by atoms with Gasteiger partial charge in [-0.2, -0.15) is 0 Å². The molecule has 0 spiro atoms. The van der Waals surface area contributed by atoms with Crippen molar-refractivity contribution in [2.75, 3.05) is 24.6 Å². The number of hydrogen-bond acceptors (Lipinski definition) is 8. The molecular formula is C29H28ClN3O6S2. The zero-order chi connectivity index (χ0) is 28.8. The fraction of sp³-hybridized carbons (Fsp3) is 0.379. The number of likely N-dealkylation sites (tertiary alicyclic amines) is 1. The Morgan fingerprint density at radius 1 is 1.05 bits per heavy atom. The smallest absolute Gasteiger partial charge is 0.308 e. The van der Waals surface area contributed by atoms with E-state index in [0.29, 0.717) is 45.9 Å². The molecule has 9 nitrogen and oxygen atoms in total. The lowest BCUT2D eigenvalue weighted by molar-refractivity contribution is -0.133. The zero-order valence-corrected chi connectivity index (χ0v) is 24.6. The predicted molar refractivity (Wildman–Crippen MR) is 157 cm³/mol. The van der Waals surface area contributed by atoms with Crippen LogP contribution in [-0.2, 0) is 20.9 Å². The van der Waals surface area contributed by atoms with Crippen LogP contribution in [0.4, 0.5) is 5.69 Å². The largest absolute Gasteiger partial charge is 0.504 e. The van der Waals surface area contributed by atoms with E-state index in [9.17, 15) is 24.3 Å². The number of imide groups is 1. The molecule has 1 aromatic heterocycles. The summed E-state index contributed by atoms with van der Waals surface area (Å²) in [6, 6.07) is 11.4. The average Bonchev–Trinajstić information content (AvgIpc) is 3.41. The number of thiazole rings is 1. The molecule has 2 aromatic carbocycles. The van der Waals surface area contributed by atoms with E-state index in [1.807, 2.05) is 0 Å². The molecule has 214 valence electrons. The SMILES string of the molecule is CCOc1cc([C@@H]2c3sc(=O)n(CC(=O)N4CCCCC4)c3S[C@@H]3C(=O)N(c4ccc(Cl)cc4)C(=O)[C@H]23)ccc1O. The van der Waals surface area contributed by atoms with Gasteiger partial charge in [0.05, 0.1) is 23.2 Å². The lowest BCUT2D eigenvalue weighted by atomic mass is 9.83. The van der Waals surface area contributed by atoms with Crippen LogP contribution in [0.1, 0.15) is 42.5 Å². The molecule has 2 saturated heterocycles. The highest BCUT2D eigenvalue weighted by molar-refractivity contribution is 8.00. The van der Waals surface area contributed by atoms with Gasteiger partial charge in [-0.05, 0) is 68.1 Å².